The van der Waals surface area contributed by atoms with Gasteiger partial charge in [0.2, 0.25) is 5.95 Å². The van der Waals surface area contributed by atoms with Gasteiger partial charge in [0, 0.05) is 20.6 Å². The van der Waals surface area contributed by atoms with Crippen molar-refractivity contribution in [2.45, 2.75) is 18.7 Å². The van der Waals surface area contributed by atoms with E-state index in [1.165, 1.54) is 24.3 Å². The molecule has 3 aromatic rings. The van der Waals surface area contributed by atoms with Gasteiger partial charge in [-0.1, -0.05) is 11.6 Å². The van der Waals surface area contributed by atoms with Crippen molar-refractivity contribution in [1.82, 2.24) is 15.3 Å². The van der Waals surface area contributed by atoms with Crippen LogP contribution >= 0.6 is 46.4 Å². The van der Waals surface area contributed by atoms with Crippen LogP contribution in [0.3, 0.4) is 0 Å². The molecule has 0 spiro atoms. The van der Waals surface area contributed by atoms with E-state index in [0.717, 1.165) is 3.57 Å². The number of carbonyl (C=O) groups is 1. The second-order valence-corrected chi connectivity index (χ2v) is 10.4. The summed E-state index contributed by atoms with van der Waals surface area (Å²) in [5.74, 6) is -0.453. The molecule has 1 aromatic heterocycles. The Bertz CT molecular complexity index is 1280. The third-order valence-corrected chi connectivity index (χ3v) is 6.58. The van der Waals surface area contributed by atoms with Gasteiger partial charge < -0.3 is 5.32 Å². The van der Waals surface area contributed by atoms with E-state index in [0.29, 0.717) is 27.7 Å². The maximum atomic E-state index is 12.6. The van der Waals surface area contributed by atoms with E-state index in [2.05, 4.69) is 47.9 Å². The molecule has 1 heterocycles. The normalized spacial score (nSPS) is 11.0. The monoisotopic (exact) mass is 601 g/mol. The molecule has 12 heteroatoms. The molecule has 0 saturated heterocycles. The molecule has 0 bridgehead atoms. The highest BCUT2D eigenvalue weighted by Crippen LogP contribution is 2.19. The summed E-state index contributed by atoms with van der Waals surface area (Å²) in [6.07, 6.45) is 0. The van der Waals surface area contributed by atoms with E-state index in [-0.39, 0.29) is 16.0 Å². The highest BCUT2D eigenvalue weighted by molar-refractivity contribution is 14.1. The largest absolute Gasteiger partial charge is 0.332 e. The van der Waals surface area contributed by atoms with E-state index in [9.17, 15) is 13.2 Å². The average Bonchev–Trinajstić information content (AvgIpc) is 2.69. The zero-order chi connectivity index (χ0) is 23.5. The molecule has 1 amide bonds. The van der Waals surface area contributed by atoms with Gasteiger partial charge in [0.15, 0.2) is 5.11 Å². The highest BCUT2D eigenvalue weighted by Gasteiger charge is 2.17. The quantitative estimate of drug-likeness (QED) is 0.296. The summed E-state index contributed by atoms with van der Waals surface area (Å²) in [6, 6.07) is 12.6. The summed E-state index contributed by atoms with van der Waals surface area (Å²) in [7, 11) is -3.88. The predicted molar refractivity (Wildman–Crippen MR) is 137 cm³/mol. The van der Waals surface area contributed by atoms with Gasteiger partial charge in [-0.05, 0) is 97.2 Å². The van der Waals surface area contributed by atoms with Crippen LogP contribution < -0.4 is 15.4 Å². The van der Waals surface area contributed by atoms with E-state index in [4.69, 9.17) is 23.8 Å². The van der Waals surface area contributed by atoms with Crippen LogP contribution in [0.25, 0.3) is 0 Å². The lowest BCUT2D eigenvalue weighted by Gasteiger charge is -2.12. The van der Waals surface area contributed by atoms with Crippen molar-refractivity contribution in [2.24, 2.45) is 0 Å². The number of nitrogens with zero attached hydrogens (tertiary/aromatic N) is 2. The number of carbonyl (C=O) groups excluding carboxylic acids is 1. The van der Waals surface area contributed by atoms with Crippen LogP contribution in [0, 0.1) is 17.4 Å². The van der Waals surface area contributed by atoms with Gasteiger partial charge in [0.1, 0.15) is 0 Å². The molecule has 0 aliphatic carbocycles. The topological polar surface area (TPSA) is 113 Å². The summed E-state index contributed by atoms with van der Waals surface area (Å²) >= 11 is 13.3. The first kappa shape index (κ1) is 24.3. The Morgan fingerprint density at radius 1 is 1.03 bits per heavy atom. The van der Waals surface area contributed by atoms with Crippen molar-refractivity contribution < 1.29 is 13.2 Å². The van der Waals surface area contributed by atoms with Gasteiger partial charge in [0.05, 0.1) is 15.5 Å². The molecule has 0 aliphatic heterocycles. The Balaban J connectivity index is 1.66. The maximum absolute atomic E-state index is 12.6. The van der Waals surface area contributed by atoms with Gasteiger partial charge in [-0.15, -0.1) is 0 Å². The Labute approximate surface area is 209 Å². The Morgan fingerprint density at radius 2 is 1.66 bits per heavy atom. The van der Waals surface area contributed by atoms with E-state index in [1.807, 2.05) is 0 Å². The van der Waals surface area contributed by atoms with Crippen LogP contribution in [0.1, 0.15) is 21.7 Å². The first-order valence-electron chi connectivity index (χ1n) is 9.06. The first-order valence-corrected chi connectivity index (χ1v) is 12.4. The number of sulfonamides is 1. The Morgan fingerprint density at radius 3 is 2.28 bits per heavy atom. The van der Waals surface area contributed by atoms with Gasteiger partial charge in [-0.3, -0.25) is 10.1 Å². The standard InChI is InChI=1S/C20H17ClIN5O3S2/c1-11-9-12(2)24-19(23-11)27-32(29,30)15-6-4-14(5-7-15)25-20(31)26-18(28)16-10-13(22)3-8-17(16)21/h3-10H,1-2H3,(H,23,24,27)(H2,25,26,28,31). The molecule has 32 heavy (non-hydrogen) atoms. The highest BCUT2D eigenvalue weighted by atomic mass is 127. The summed E-state index contributed by atoms with van der Waals surface area (Å²) in [5, 5.41) is 5.73. The number of hydrogen-bond donors (Lipinski definition) is 3. The van der Waals surface area contributed by atoms with Crippen molar-refractivity contribution in [1.29, 1.82) is 0 Å². The number of rotatable bonds is 5. The molecule has 0 unspecified atom stereocenters. The van der Waals surface area contributed by atoms with Crippen molar-refractivity contribution in [3.63, 3.8) is 0 Å². The molecule has 3 N–H and O–H groups in total. The van der Waals surface area contributed by atoms with Crippen LogP contribution in [0.4, 0.5) is 11.6 Å². The predicted octanol–water partition coefficient (Wildman–Crippen LogP) is 4.28. The molecule has 166 valence electrons. The molecule has 0 atom stereocenters. The molecule has 0 aliphatic rings. The molecular formula is C20H17ClIN5O3S2. The van der Waals surface area contributed by atoms with Crippen LogP contribution in [-0.2, 0) is 10.0 Å². The molecular weight excluding hydrogens is 585 g/mol. The van der Waals surface area contributed by atoms with Crippen LogP contribution in [0.15, 0.2) is 53.4 Å². The van der Waals surface area contributed by atoms with Crippen molar-refractivity contribution in [3.8, 4) is 0 Å². The number of anilines is 2. The fourth-order valence-electron chi connectivity index (χ4n) is 2.67. The smallest absolute Gasteiger partial charge is 0.264 e. The minimum Gasteiger partial charge on any atom is -0.332 e. The number of nitrogens with one attached hydrogen (secondary N) is 3. The fourth-order valence-corrected chi connectivity index (χ4v) is 4.52. The van der Waals surface area contributed by atoms with E-state index < -0.39 is 15.9 Å². The van der Waals surface area contributed by atoms with Gasteiger partial charge >= 0.3 is 0 Å². The SMILES string of the molecule is Cc1cc(C)nc(NS(=O)(=O)c2ccc(NC(=S)NC(=O)c3cc(I)ccc3Cl)cc2)n1. The number of halogens is 2. The van der Waals surface area contributed by atoms with Crippen molar-refractivity contribution >= 4 is 79.1 Å². The lowest BCUT2D eigenvalue weighted by molar-refractivity contribution is 0.0978. The summed E-state index contributed by atoms with van der Waals surface area (Å²) in [4.78, 5) is 20.6. The Kier molecular flexibility index (Phi) is 7.64. The number of hydrogen-bond acceptors (Lipinski definition) is 6. The number of aryl methyl sites for hydroxylation is 2. The van der Waals surface area contributed by atoms with Gasteiger partial charge in [-0.2, -0.15) is 0 Å². The third kappa shape index (κ3) is 6.34. The minimum absolute atomic E-state index is 0.00262. The second-order valence-electron chi connectivity index (χ2n) is 6.64. The maximum Gasteiger partial charge on any atom is 0.264 e. The minimum atomic E-state index is -3.88. The van der Waals surface area contributed by atoms with Crippen LogP contribution in [0.2, 0.25) is 5.02 Å². The van der Waals surface area contributed by atoms with Crippen LogP contribution in [0.5, 0.6) is 0 Å². The molecule has 2 aromatic carbocycles. The molecule has 0 radical (unpaired) electrons. The molecule has 8 nitrogen and oxygen atoms in total. The number of benzene rings is 2. The second kappa shape index (κ2) is 10.1. The molecule has 3 rings (SSSR count). The number of thiocarbonyl (C=S) groups is 1. The van der Waals surface area contributed by atoms with Crippen LogP contribution in [-0.4, -0.2) is 29.4 Å². The zero-order valence-corrected chi connectivity index (χ0v) is 21.4. The Hall–Kier alpha value is -2.35. The van der Waals surface area contributed by atoms with Crippen molar-refractivity contribution in [3.05, 3.63) is 74.1 Å². The molecule has 0 saturated carbocycles. The lowest BCUT2D eigenvalue weighted by atomic mass is 10.2. The average molecular weight is 602 g/mol. The number of aromatic nitrogens is 2. The summed E-state index contributed by atoms with van der Waals surface area (Å²) in [6.45, 7) is 3.50. The van der Waals surface area contributed by atoms with Crippen molar-refractivity contribution in [2.75, 3.05) is 10.0 Å². The van der Waals surface area contributed by atoms with Gasteiger partial charge in [0.25, 0.3) is 15.9 Å². The van der Waals surface area contributed by atoms with E-state index in [1.54, 1.807) is 38.1 Å². The fraction of sp³-hybridized carbons (Fsp3) is 0.100. The lowest BCUT2D eigenvalue weighted by Crippen LogP contribution is -2.34. The van der Waals surface area contributed by atoms with E-state index >= 15 is 0 Å². The first-order chi connectivity index (χ1) is 15.0. The summed E-state index contributed by atoms with van der Waals surface area (Å²) in [5.41, 5.74) is 2.09. The summed E-state index contributed by atoms with van der Waals surface area (Å²) < 4.78 is 28.4. The molecule has 0 fully saturated rings. The zero-order valence-electron chi connectivity index (χ0n) is 16.8. The third-order valence-electron chi connectivity index (χ3n) is 4.03. The van der Waals surface area contributed by atoms with Gasteiger partial charge in [-0.25, -0.2) is 23.1 Å². The number of amides is 1.